The number of fused-ring (bicyclic) bond motifs is 1. The third-order valence-corrected chi connectivity index (χ3v) is 7.56. The molecule has 1 aliphatic carbocycles. The first-order chi connectivity index (χ1) is 13.3. The number of rotatable bonds is 2. The van der Waals surface area contributed by atoms with Crippen LogP contribution >= 0.6 is 11.6 Å². The molecule has 0 bridgehead atoms. The molecule has 1 unspecified atom stereocenters. The van der Waals surface area contributed by atoms with E-state index in [4.69, 9.17) is 16.3 Å². The number of benzene rings is 1. The number of piperidine rings is 1. The van der Waals surface area contributed by atoms with Crippen LogP contribution in [-0.4, -0.2) is 38.6 Å². The highest BCUT2D eigenvalue weighted by atomic mass is 35.5. The minimum atomic E-state index is -1.20. The zero-order valence-electron chi connectivity index (χ0n) is 18.3. The van der Waals surface area contributed by atoms with Crippen molar-refractivity contribution in [3.05, 3.63) is 34.3 Å². The average molecular weight is 441 g/mol. The molecule has 2 aliphatic rings. The minimum absolute atomic E-state index is 0.0444. The van der Waals surface area contributed by atoms with Gasteiger partial charge in [0.15, 0.2) is 0 Å². The number of likely N-dealkylation sites (tertiary alicyclic amines) is 1. The highest BCUT2D eigenvalue weighted by molar-refractivity contribution is 7.84. The van der Waals surface area contributed by atoms with Crippen LogP contribution < -0.4 is 4.72 Å². The lowest BCUT2D eigenvalue weighted by atomic mass is 9.73. The number of amides is 1. The largest absolute Gasteiger partial charge is 0.444 e. The lowest BCUT2D eigenvalue weighted by molar-refractivity contribution is 0.00724. The van der Waals surface area contributed by atoms with E-state index in [-0.39, 0.29) is 22.3 Å². The molecule has 2 atom stereocenters. The van der Waals surface area contributed by atoms with Crippen molar-refractivity contribution >= 4 is 28.7 Å². The van der Waals surface area contributed by atoms with Crippen LogP contribution in [0.2, 0.25) is 5.02 Å². The van der Waals surface area contributed by atoms with Gasteiger partial charge >= 0.3 is 6.09 Å². The average Bonchev–Trinajstić information content (AvgIpc) is 2.86. The normalized spacial score (nSPS) is 22.4. The molecule has 0 radical (unpaired) electrons. The lowest BCUT2D eigenvalue weighted by Gasteiger charge is -2.44. The summed E-state index contributed by atoms with van der Waals surface area (Å²) < 4.78 is 21.6. The number of halogens is 1. The molecule has 1 N–H and O–H groups in total. The molecule has 7 heteroatoms. The van der Waals surface area contributed by atoms with E-state index in [1.165, 1.54) is 5.56 Å². The Balaban J connectivity index is 1.82. The number of carbonyl (C=O) groups is 1. The summed E-state index contributed by atoms with van der Waals surface area (Å²) in [5.41, 5.74) is 1.82. The molecule has 5 nitrogen and oxygen atoms in total. The third kappa shape index (κ3) is 4.97. The summed E-state index contributed by atoms with van der Waals surface area (Å²) in [6, 6.07) is 5.97. The molecule has 1 heterocycles. The third-order valence-electron chi connectivity index (χ3n) is 5.77. The quantitative estimate of drug-likeness (QED) is 0.703. The molecule has 162 valence electrons. The van der Waals surface area contributed by atoms with Gasteiger partial charge in [-0.15, -0.1) is 0 Å². The van der Waals surface area contributed by atoms with Crippen molar-refractivity contribution in [2.45, 2.75) is 77.2 Å². The van der Waals surface area contributed by atoms with Crippen molar-refractivity contribution in [3.8, 4) is 0 Å². The summed E-state index contributed by atoms with van der Waals surface area (Å²) in [7, 11) is -1.20. The monoisotopic (exact) mass is 440 g/mol. The van der Waals surface area contributed by atoms with Crippen LogP contribution in [0.1, 0.15) is 71.6 Å². The number of carbonyl (C=O) groups excluding carboxylic acids is 1. The molecule has 1 aliphatic heterocycles. The molecular formula is C22H33ClN2O3S. The number of nitrogens with one attached hydrogen (secondary N) is 1. The second kappa shape index (κ2) is 7.86. The second-order valence-corrected chi connectivity index (χ2v) is 12.7. The van der Waals surface area contributed by atoms with Gasteiger partial charge in [0.25, 0.3) is 0 Å². The fourth-order valence-corrected chi connectivity index (χ4v) is 5.33. The van der Waals surface area contributed by atoms with Gasteiger partial charge in [0, 0.05) is 18.1 Å². The number of ether oxygens (including phenoxy) is 1. The van der Waals surface area contributed by atoms with Crippen molar-refractivity contribution < 1.29 is 13.7 Å². The van der Waals surface area contributed by atoms with E-state index in [1.54, 1.807) is 4.90 Å². The van der Waals surface area contributed by atoms with Gasteiger partial charge in [0.1, 0.15) is 5.60 Å². The van der Waals surface area contributed by atoms with Crippen molar-refractivity contribution in [2.24, 2.45) is 5.41 Å². The first-order valence-corrected chi connectivity index (χ1v) is 11.8. The zero-order valence-corrected chi connectivity index (χ0v) is 19.9. The van der Waals surface area contributed by atoms with Gasteiger partial charge in [0.2, 0.25) is 0 Å². The Labute approximate surface area is 182 Å². The van der Waals surface area contributed by atoms with Gasteiger partial charge in [-0.3, -0.25) is 0 Å². The highest BCUT2D eigenvalue weighted by Crippen LogP contribution is 2.53. The second-order valence-electron chi connectivity index (χ2n) is 10.3. The number of hydrogen-bond acceptors (Lipinski definition) is 3. The van der Waals surface area contributed by atoms with Crippen molar-refractivity contribution in [1.29, 1.82) is 0 Å². The van der Waals surface area contributed by atoms with Gasteiger partial charge in [-0.25, -0.2) is 13.7 Å². The Morgan fingerprint density at radius 2 is 1.83 bits per heavy atom. The zero-order chi connectivity index (χ0) is 21.6. The van der Waals surface area contributed by atoms with E-state index in [0.29, 0.717) is 18.1 Å². The van der Waals surface area contributed by atoms with Crippen LogP contribution in [0.25, 0.3) is 0 Å². The summed E-state index contributed by atoms with van der Waals surface area (Å²) in [5.74, 6) is 0. The molecule has 1 spiro atoms. The maximum atomic E-state index is 13.0. The molecule has 3 rings (SSSR count). The summed E-state index contributed by atoms with van der Waals surface area (Å²) in [6.45, 7) is 12.8. The Bertz CT molecular complexity index is 805. The topological polar surface area (TPSA) is 58.6 Å². The summed E-state index contributed by atoms with van der Waals surface area (Å²) in [6.07, 6.45) is 2.31. The van der Waals surface area contributed by atoms with E-state index in [1.807, 2.05) is 53.7 Å². The summed E-state index contributed by atoms with van der Waals surface area (Å²) >= 11 is 6.30. The van der Waals surface area contributed by atoms with E-state index < -0.39 is 16.6 Å². The van der Waals surface area contributed by atoms with Gasteiger partial charge in [-0.2, -0.15) is 0 Å². The van der Waals surface area contributed by atoms with E-state index in [9.17, 15) is 9.00 Å². The standard InChI is InChI=1S/C22H33ClN2O3S/c1-20(2,3)28-19(26)25-11-9-22(10-12-25)14-15-7-8-16(23)13-17(15)18(22)24-29(27)21(4,5)6/h7-8,13,18,24H,9-12,14H2,1-6H3/t18-,29?/m0/s1. The van der Waals surface area contributed by atoms with Crippen LogP contribution in [0.5, 0.6) is 0 Å². The molecule has 1 aromatic carbocycles. The fourth-order valence-electron chi connectivity index (χ4n) is 4.21. The summed E-state index contributed by atoms with van der Waals surface area (Å²) in [5, 5.41) is 0.695. The Hall–Kier alpha value is -1.11. The first-order valence-electron chi connectivity index (χ1n) is 10.3. The first kappa shape index (κ1) is 22.6. The molecule has 1 fully saturated rings. The maximum Gasteiger partial charge on any atom is 0.410 e. The van der Waals surface area contributed by atoms with Crippen LogP contribution in [0, 0.1) is 5.41 Å². The Morgan fingerprint density at radius 3 is 2.38 bits per heavy atom. The van der Waals surface area contributed by atoms with Crippen LogP contribution in [-0.2, 0) is 22.1 Å². The van der Waals surface area contributed by atoms with Gasteiger partial charge < -0.3 is 9.64 Å². The van der Waals surface area contributed by atoms with Crippen LogP contribution in [0.15, 0.2) is 18.2 Å². The van der Waals surface area contributed by atoms with Gasteiger partial charge in [-0.05, 0) is 89.5 Å². The molecule has 0 saturated carbocycles. The SMILES string of the molecule is CC(C)(C)OC(=O)N1CCC2(CC1)Cc1ccc(Cl)cc1[C@@H]2NS(=O)C(C)(C)C. The van der Waals surface area contributed by atoms with Gasteiger partial charge in [-0.1, -0.05) is 17.7 Å². The summed E-state index contributed by atoms with van der Waals surface area (Å²) in [4.78, 5) is 14.3. The number of nitrogens with zero attached hydrogens (tertiary/aromatic N) is 1. The predicted molar refractivity (Wildman–Crippen MR) is 118 cm³/mol. The maximum absolute atomic E-state index is 13.0. The minimum Gasteiger partial charge on any atom is -0.444 e. The lowest BCUT2D eigenvalue weighted by Crippen LogP contribution is -2.49. The number of hydrogen-bond donors (Lipinski definition) is 1. The van der Waals surface area contributed by atoms with Crippen molar-refractivity contribution in [2.75, 3.05) is 13.1 Å². The molecule has 0 aromatic heterocycles. The van der Waals surface area contributed by atoms with E-state index in [0.717, 1.165) is 24.8 Å². The molecular weight excluding hydrogens is 408 g/mol. The van der Waals surface area contributed by atoms with Crippen LogP contribution in [0.3, 0.4) is 0 Å². The Kier molecular flexibility index (Phi) is 6.12. The van der Waals surface area contributed by atoms with E-state index >= 15 is 0 Å². The smallest absolute Gasteiger partial charge is 0.410 e. The van der Waals surface area contributed by atoms with Crippen LogP contribution in [0.4, 0.5) is 4.79 Å². The molecule has 29 heavy (non-hydrogen) atoms. The predicted octanol–water partition coefficient (Wildman–Crippen LogP) is 5.01. The molecule has 1 amide bonds. The Morgan fingerprint density at radius 1 is 1.21 bits per heavy atom. The van der Waals surface area contributed by atoms with Gasteiger partial charge in [0.05, 0.1) is 21.8 Å². The van der Waals surface area contributed by atoms with Crippen molar-refractivity contribution in [1.82, 2.24) is 9.62 Å². The molecule has 1 saturated heterocycles. The fraction of sp³-hybridized carbons (Fsp3) is 0.682. The van der Waals surface area contributed by atoms with Crippen molar-refractivity contribution in [3.63, 3.8) is 0 Å². The molecule has 1 aromatic rings. The highest BCUT2D eigenvalue weighted by Gasteiger charge is 2.49. The van der Waals surface area contributed by atoms with E-state index in [2.05, 4.69) is 10.8 Å².